The third kappa shape index (κ3) is 4.97. The number of carbonyl (C=O) groups is 1. The van der Waals surface area contributed by atoms with Gasteiger partial charge in [0.2, 0.25) is 5.88 Å². The molecule has 4 nitrogen and oxygen atoms in total. The smallest absolute Gasteiger partial charge is 0.219 e. The normalized spacial score (nSPS) is 12.8. The second-order valence-electron chi connectivity index (χ2n) is 7.00. The van der Waals surface area contributed by atoms with E-state index in [1.54, 1.807) is 7.11 Å². The van der Waals surface area contributed by atoms with Gasteiger partial charge in [-0.1, -0.05) is 36.4 Å². The first kappa shape index (κ1) is 19.6. The van der Waals surface area contributed by atoms with Gasteiger partial charge in [0.1, 0.15) is 17.8 Å². The summed E-state index contributed by atoms with van der Waals surface area (Å²) >= 11 is 0. The quantitative estimate of drug-likeness (QED) is 0.472. The number of benzene rings is 2. The lowest BCUT2D eigenvalue weighted by Gasteiger charge is -2.23. The maximum Gasteiger partial charge on any atom is 0.219 e. The Labute approximate surface area is 166 Å². The molecule has 4 heteroatoms. The number of hydrogen-bond donors (Lipinski definition) is 0. The van der Waals surface area contributed by atoms with Crippen molar-refractivity contribution in [2.45, 2.75) is 31.6 Å². The van der Waals surface area contributed by atoms with Gasteiger partial charge < -0.3 is 14.3 Å². The van der Waals surface area contributed by atoms with Crippen LogP contribution in [0.1, 0.15) is 31.0 Å². The Hall–Kier alpha value is -3.14. The number of ether oxygens (including phenoxy) is 2. The molecule has 3 aromatic rings. The summed E-state index contributed by atoms with van der Waals surface area (Å²) < 4.78 is 11.0. The monoisotopic (exact) mass is 375 g/mol. The van der Waals surface area contributed by atoms with E-state index in [1.807, 2.05) is 79.7 Å². The van der Waals surface area contributed by atoms with Crippen LogP contribution in [0, 0.1) is 0 Å². The van der Waals surface area contributed by atoms with Crippen molar-refractivity contribution in [3.05, 3.63) is 84.1 Å². The van der Waals surface area contributed by atoms with Gasteiger partial charge in [0.15, 0.2) is 0 Å². The number of aldehydes is 1. The number of methoxy groups -OCH3 is 1. The summed E-state index contributed by atoms with van der Waals surface area (Å²) in [5.74, 6) is 2.13. The van der Waals surface area contributed by atoms with Crippen LogP contribution in [0.15, 0.2) is 72.8 Å². The minimum Gasteiger partial charge on any atom is -0.497 e. The molecule has 0 fully saturated rings. The Balaban J connectivity index is 1.61. The second kappa shape index (κ2) is 9.18. The lowest BCUT2D eigenvalue weighted by atomic mass is 9.79. The molecule has 2 aromatic carbocycles. The van der Waals surface area contributed by atoms with Gasteiger partial charge in [0.05, 0.1) is 7.11 Å². The number of para-hydroxylation sites is 1. The number of aryl methyl sites for hydroxylation is 1. The predicted octanol–water partition coefficient (Wildman–Crippen LogP) is 5.36. The summed E-state index contributed by atoms with van der Waals surface area (Å²) in [6.07, 6.45) is 3.42. The average molecular weight is 375 g/mol. The standard InChI is InChI=1S/C24H25NO3/c1-24(18-26,19-13-15-21(27-2)16-14-19)17-7-9-20-8-6-12-23(25-20)28-22-10-4-3-5-11-22/h3-6,8,10-16,18H,7,9,17H2,1-2H3. The fourth-order valence-electron chi connectivity index (χ4n) is 3.14. The minimum atomic E-state index is -0.523. The minimum absolute atomic E-state index is 0.523. The summed E-state index contributed by atoms with van der Waals surface area (Å²) in [6.45, 7) is 1.98. The molecule has 0 saturated heterocycles. The van der Waals surface area contributed by atoms with Crippen molar-refractivity contribution >= 4 is 6.29 Å². The topological polar surface area (TPSA) is 48.4 Å². The van der Waals surface area contributed by atoms with Crippen molar-refractivity contribution in [1.82, 2.24) is 4.98 Å². The van der Waals surface area contributed by atoms with E-state index in [0.717, 1.165) is 48.3 Å². The first-order valence-corrected chi connectivity index (χ1v) is 9.43. The van der Waals surface area contributed by atoms with Gasteiger partial charge in [-0.05, 0) is 62.1 Å². The van der Waals surface area contributed by atoms with Crippen LogP contribution < -0.4 is 9.47 Å². The number of aromatic nitrogens is 1. The fourth-order valence-corrected chi connectivity index (χ4v) is 3.14. The van der Waals surface area contributed by atoms with Crippen LogP contribution in [0.3, 0.4) is 0 Å². The number of hydrogen-bond acceptors (Lipinski definition) is 4. The van der Waals surface area contributed by atoms with E-state index < -0.39 is 5.41 Å². The highest BCUT2D eigenvalue weighted by molar-refractivity contribution is 5.68. The number of nitrogens with zero attached hydrogens (tertiary/aromatic N) is 1. The van der Waals surface area contributed by atoms with Gasteiger partial charge in [0.25, 0.3) is 0 Å². The van der Waals surface area contributed by atoms with Crippen molar-refractivity contribution < 1.29 is 14.3 Å². The molecule has 28 heavy (non-hydrogen) atoms. The Morgan fingerprint density at radius 3 is 2.36 bits per heavy atom. The molecule has 0 amide bonds. The molecule has 144 valence electrons. The fraction of sp³-hybridized carbons (Fsp3) is 0.250. The predicted molar refractivity (Wildman–Crippen MR) is 110 cm³/mol. The van der Waals surface area contributed by atoms with E-state index in [9.17, 15) is 4.79 Å². The van der Waals surface area contributed by atoms with Crippen LogP contribution in [-0.4, -0.2) is 18.4 Å². The van der Waals surface area contributed by atoms with Gasteiger partial charge in [-0.3, -0.25) is 0 Å². The van der Waals surface area contributed by atoms with Gasteiger partial charge in [-0.15, -0.1) is 0 Å². The van der Waals surface area contributed by atoms with Crippen molar-refractivity contribution in [3.8, 4) is 17.4 Å². The first-order chi connectivity index (χ1) is 13.6. The van der Waals surface area contributed by atoms with Crippen LogP contribution in [0.4, 0.5) is 0 Å². The molecular formula is C24H25NO3. The van der Waals surface area contributed by atoms with E-state index >= 15 is 0 Å². The number of pyridine rings is 1. The van der Waals surface area contributed by atoms with Gasteiger partial charge in [-0.25, -0.2) is 4.98 Å². The van der Waals surface area contributed by atoms with E-state index in [2.05, 4.69) is 4.98 Å². The second-order valence-corrected chi connectivity index (χ2v) is 7.00. The molecular weight excluding hydrogens is 350 g/mol. The molecule has 1 unspecified atom stereocenters. The van der Waals surface area contributed by atoms with E-state index in [0.29, 0.717) is 5.88 Å². The van der Waals surface area contributed by atoms with Crippen LogP contribution in [0.5, 0.6) is 17.4 Å². The van der Waals surface area contributed by atoms with Crippen molar-refractivity contribution in [3.63, 3.8) is 0 Å². The lowest BCUT2D eigenvalue weighted by Crippen LogP contribution is -2.24. The first-order valence-electron chi connectivity index (χ1n) is 9.43. The largest absolute Gasteiger partial charge is 0.497 e. The molecule has 1 heterocycles. The van der Waals surface area contributed by atoms with Crippen LogP contribution >= 0.6 is 0 Å². The Morgan fingerprint density at radius 2 is 1.68 bits per heavy atom. The summed E-state index contributed by atoms with van der Waals surface area (Å²) in [4.78, 5) is 16.4. The maximum atomic E-state index is 11.8. The Kier molecular flexibility index (Phi) is 6.43. The average Bonchev–Trinajstić information content (AvgIpc) is 2.75. The van der Waals surface area contributed by atoms with Crippen LogP contribution in [-0.2, 0) is 16.6 Å². The van der Waals surface area contributed by atoms with Gasteiger partial charge in [0, 0.05) is 17.2 Å². The molecule has 1 aromatic heterocycles. The zero-order valence-electron chi connectivity index (χ0n) is 16.3. The molecule has 0 saturated carbocycles. The Morgan fingerprint density at radius 1 is 0.929 bits per heavy atom. The highest BCUT2D eigenvalue weighted by Crippen LogP contribution is 2.29. The number of rotatable bonds is 9. The summed E-state index contributed by atoms with van der Waals surface area (Å²) in [5, 5.41) is 0. The summed E-state index contributed by atoms with van der Waals surface area (Å²) in [6, 6.07) is 23.1. The van der Waals surface area contributed by atoms with Gasteiger partial charge >= 0.3 is 0 Å². The molecule has 0 spiro atoms. The Bertz CT molecular complexity index is 893. The number of carbonyl (C=O) groups excluding carboxylic acids is 1. The van der Waals surface area contributed by atoms with Gasteiger partial charge in [-0.2, -0.15) is 0 Å². The summed E-state index contributed by atoms with van der Waals surface area (Å²) in [5.41, 5.74) is 1.43. The lowest BCUT2D eigenvalue weighted by molar-refractivity contribution is -0.112. The molecule has 0 aliphatic carbocycles. The molecule has 0 radical (unpaired) electrons. The third-order valence-corrected chi connectivity index (χ3v) is 4.89. The molecule has 0 aliphatic heterocycles. The SMILES string of the molecule is COc1ccc(C(C)(C=O)CCCc2cccc(Oc3ccccc3)n2)cc1. The molecule has 0 bridgehead atoms. The molecule has 3 rings (SSSR count). The van der Waals surface area contributed by atoms with Crippen molar-refractivity contribution in [1.29, 1.82) is 0 Å². The highest BCUT2D eigenvalue weighted by Gasteiger charge is 2.25. The maximum absolute atomic E-state index is 11.8. The van der Waals surface area contributed by atoms with Crippen molar-refractivity contribution in [2.24, 2.45) is 0 Å². The third-order valence-electron chi connectivity index (χ3n) is 4.89. The van der Waals surface area contributed by atoms with Crippen LogP contribution in [0.2, 0.25) is 0 Å². The zero-order chi connectivity index (χ0) is 19.8. The van der Waals surface area contributed by atoms with Crippen LogP contribution in [0.25, 0.3) is 0 Å². The van der Waals surface area contributed by atoms with E-state index in [4.69, 9.17) is 9.47 Å². The summed E-state index contributed by atoms with van der Waals surface area (Å²) in [7, 11) is 1.64. The van der Waals surface area contributed by atoms with Crippen molar-refractivity contribution in [2.75, 3.05) is 7.11 Å². The molecule has 0 N–H and O–H groups in total. The zero-order valence-corrected chi connectivity index (χ0v) is 16.3. The molecule has 0 aliphatic rings. The molecule has 1 atom stereocenters. The van der Waals surface area contributed by atoms with E-state index in [1.165, 1.54) is 0 Å². The highest BCUT2D eigenvalue weighted by atomic mass is 16.5. The van der Waals surface area contributed by atoms with E-state index in [-0.39, 0.29) is 0 Å².